The summed E-state index contributed by atoms with van der Waals surface area (Å²) < 4.78 is 10.3. The maximum Gasteiger partial charge on any atom is 0.407 e. The molecule has 1 heterocycles. The second-order valence-electron chi connectivity index (χ2n) is 17.0. The van der Waals surface area contributed by atoms with Crippen LogP contribution < -0.4 is 5.32 Å². The van der Waals surface area contributed by atoms with Gasteiger partial charge in [0.25, 0.3) is 0 Å². The smallest absolute Gasteiger partial charge is 0.407 e. The highest BCUT2D eigenvalue weighted by Gasteiger charge is 2.37. The van der Waals surface area contributed by atoms with Gasteiger partial charge in [-0.15, -0.1) is 0 Å². The average Bonchev–Trinajstić information content (AvgIpc) is 3.35. The summed E-state index contributed by atoms with van der Waals surface area (Å²) in [5.41, 5.74) is 5.16. The van der Waals surface area contributed by atoms with Crippen molar-refractivity contribution in [1.29, 1.82) is 0 Å². The molecule has 0 saturated carbocycles. The van der Waals surface area contributed by atoms with E-state index in [1.807, 2.05) is 59.5 Å². The number of amides is 2. The first-order chi connectivity index (χ1) is 32.1. The van der Waals surface area contributed by atoms with E-state index in [4.69, 9.17) is 19.7 Å². The van der Waals surface area contributed by atoms with Gasteiger partial charge in [-0.25, -0.2) is 9.59 Å². The van der Waals surface area contributed by atoms with Crippen LogP contribution in [0.1, 0.15) is 42.4 Å². The minimum Gasteiger partial charge on any atom is -0.467 e. The number of methoxy groups -OCH3 is 1. The fraction of sp³-hybridized carbons (Fsp3) is 0.562. The van der Waals surface area contributed by atoms with Crippen molar-refractivity contribution < 1.29 is 74.9 Å². The van der Waals surface area contributed by atoms with Crippen LogP contribution in [-0.2, 0) is 38.5 Å². The molecule has 1 aliphatic rings. The minimum atomic E-state index is -1.91. The van der Waals surface area contributed by atoms with E-state index in [0.29, 0.717) is 32.5 Å². The van der Waals surface area contributed by atoms with Crippen LogP contribution in [-0.4, -0.2) is 211 Å². The van der Waals surface area contributed by atoms with Crippen LogP contribution in [0.2, 0.25) is 0 Å². The molecule has 19 nitrogen and oxygen atoms in total. The Labute approximate surface area is 391 Å². The maximum atomic E-state index is 13.6. The third-order valence-corrected chi connectivity index (χ3v) is 12.0. The number of hydrogen-bond donors (Lipinski definition) is 11. The molecule has 19 heteroatoms. The first-order valence-corrected chi connectivity index (χ1v) is 22.8. The van der Waals surface area contributed by atoms with Gasteiger partial charge >= 0.3 is 12.1 Å². The van der Waals surface area contributed by atoms with Crippen molar-refractivity contribution in [1.82, 2.24) is 20.0 Å². The number of piperazine rings is 1. The number of hydrogen-bond acceptors (Lipinski definition) is 17. The number of aliphatic hydroxyl groups excluding tert-OH is 10. The van der Waals surface area contributed by atoms with Crippen molar-refractivity contribution in [2.45, 2.75) is 100 Å². The summed E-state index contributed by atoms with van der Waals surface area (Å²) in [5.74, 6) is -0.785. The molecule has 11 N–H and O–H groups in total. The van der Waals surface area contributed by atoms with E-state index in [0.717, 1.165) is 41.5 Å². The number of ether oxygens (including phenoxy) is 2. The molecule has 1 aliphatic heterocycles. The number of alkyl carbamates (subject to hydrolysis) is 1. The zero-order valence-corrected chi connectivity index (χ0v) is 38.1. The number of aliphatic hydroxyl groups is 10. The SMILES string of the molecule is COC(=O)[C@H]1CN(CCCN(C[C@H](O)[C@@H](O)[C@H](O)[C@H](O)CO)C[C@H](O)[C@@H](O)[C@H](O)[C@H](O)CO)CCN1C(=O)CCc1ccc(-c2ccc(CCCCNC(=O)OCc3ccccc3)cc2)cc1. The van der Waals surface area contributed by atoms with E-state index in [9.17, 15) is 55.2 Å². The van der Waals surface area contributed by atoms with Gasteiger partial charge in [0.15, 0.2) is 0 Å². The van der Waals surface area contributed by atoms with Crippen LogP contribution in [0.15, 0.2) is 78.9 Å². The number of unbranched alkanes of at least 4 members (excludes halogenated alkanes) is 1. The van der Waals surface area contributed by atoms with Gasteiger partial charge in [0.2, 0.25) is 5.91 Å². The van der Waals surface area contributed by atoms with Gasteiger partial charge in [-0.2, -0.15) is 0 Å². The number of esters is 1. The number of nitrogens with one attached hydrogen (secondary N) is 1. The molecule has 2 amide bonds. The fourth-order valence-electron chi connectivity index (χ4n) is 7.87. The maximum absolute atomic E-state index is 13.6. The Morgan fingerprint density at radius 1 is 0.672 bits per heavy atom. The van der Waals surface area contributed by atoms with Crippen LogP contribution in [0.25, 0.3) is 11.1 Å². The summed E-state index contributed by atoms with van der Waals surface area (Å²) in [6, 6.07) is 24.9. The van der Waals surface area contributed by atoms with Gasteiger partial charge in [-0.3, -0.25) is 14.6 Å². The van der Waals surface area contributed by atoms with Crippen LogP contribution in [0.3, 0.4) is 0 Å². The number of carbonyl (C=O) groups is 3. The lowest BCUT2D eigenvalue weighted by molar-refractivity contribution is -0.156. The molecule has 0 aromatic heterocycles. The monoisotopic (exact) mass is 942 g/mol. The predicted octanol–water partition coefficient (Wildman–Crippen LogP) is -1.21. The molecule has 0 radical (unpaired) electrons. The molecule has 9 atom stereocenters. The highest BCUT2D eigenvalue weighted by atomic mass is 16.5. The number of nitrogens with zero attached hydrogens (tertiary/aromatic N) is 3. The first kappa shape index (κ1) is 55.0. The highest BCUT2D eigenvalue weighted by Crippen LogP contribution is 2.23. The zero-order chi connectivity index (χ0) is 48.9. The summed E-state index contributed by atoms with van der Waals surface area (Å²) in [6.07, 6.45) is -11.4. The molecule has 4 rings (SSSR count). The summed E-state index contributed by atoms with van der Waals surface area (Å²) in [5, 5.41) is 103. The lowest BCUT2D eigenvalue weighted by atomic mass is 9.99. The van der Waals surface area contributed by atoms with Crippen LogP contribution >= 0.6 is 0 Å². The summed E-state index contributed by atoms with van der Waals surface area (Å²) >= 11 is 0. The molecule has 0 spiro atoms. The topological polar surface area (TPSA) is 294 Å². The van der Waals surface area contributed by atoms with Crippen molar-refractivity contribution in [2.24, 2.45) is 0 Å². The van der Waals surface area contributed by atoms with Crippen molar-refractivity contribution >= 4 is 18.0 Å². The minimum absolute atomic E-state index is 0.105. The molecular weight excluding hydrogens is 873 g/mol. The van der Waals surface area contributed by atoms with E-state index in [2.05, 4.69) is 29.6 Å². The van der Waals surface area contributed by atoms with E-state index < -0.39 is 93.2 Å². The number of aryl methyl sites for hydroxylation is 2. The van der Waals surface area contributed by atoms with E-state index >= 15 is 0 Å². The van der Waals surface area contributed by atoms with Crippen molar-refractivity contribution in [2.75, 3.05) is 72.7 Å². The Morgan fingerprint density at radius 3 is 1.75 bits per heavy atom. The second kappa shape index (κ2) is 28.7. The van der Waals surface area contributed by atoms with Gasteiger partial charge in [0.05, 0.1) is 32.5 Å². The largest absolute Gasteiger partial charge is 0.467 e. The molecule has 0 bridgehead atoms. The summed E-state index contributed by atoms with van der Waals surface area (Å²) in [6.45, 7) is -0.530. The van der Waals surface area contributed by atoms with Crippen LogP contribution in [0, 0.1) is 0 Å². The molecule has 3 aromatic carbocycles. The molecule has 0 unspecified atom stereocenters. The molecule has 3 aromatic rings. The third kappa shape index (κ3) is 17.8. The van der Waals surface area contributed by atoms with Crippen molar-refractivity contribution in [3.05, 3.63) is 95.6 Å². The third-order valence-electron chi connectivity index (χ3n) is 12.0. The van der Waals surface area contributed by atoms with Gasteiger partial charge in [0.1, 0.15) is 49.3 Å². The second-order valence-corrected chi connectivity index (χ2v) is 17.0. The van der Waals surface area contributed by atoms with Gasteiger partial charge < -0.3 is 70.8 Å². The van der Waals surface area contributed by atoms with Crippen molar-refractivity contribution in [3.63, 3.8) is 0 Å². The molecule has 0 aliphatic carbocycles. The van der Waals surface area contributed by atoms with E-state index in [1.54, 1.807) is 0 Å². The number of rotatable bonds is 28. The Kier molecular flexibility index (Phi) is 23.5. The number of benzene rings is 3. The van der Waals surface area contributed by atoms with Gasteiger partial charge in [-0.05, 0) is 73.0 Å². The van der Waals surface area contributed by atoms with Crippen molar-refractivity contribution in [3.8, 4) is 11.1 Å². The molecule has 1 saturated heterocycles. The fourth-order valence-corrected chi connectivity index (χ4v) is 7.87. The average molecular weight is 943 g/mol. The Morgan fingerprint density at radius 2 is 1.21 bits per heavy atom. The molecule has 67 heavy (non-hydrogen) atoms. The van der Waals surface area contributed by atoms with Crippen LogP contribution in [0.5, 0.6) is 0 Å². The predicted molar refractivity (Wildman–Crippen MR) is 245 cm³/mol. The quantitative estimate of drug-likeness (QED) is 0.0301. The summed E-state index contributed by atoms with van der Waals surface area (Å²) in [7, 11) is 1.25. The molecule has 1 fully saturated rings. The highest BCUT2D eigenvalue weighted by molar-refractivity contribution is 5.85. The van der Waals surface area contributed by atoms with Crippen LogP contribution in [0.4, 0.5) is 4.79 Å². The van der Waals surface area contributed by atoms with Gasteiger partial charge in [-0.1, -0.05) is 78.9 Å². The zero-order valence-electron chi connectivity index (χ0n) is 38.1. The normalized spacial score (nSPS) is 18.0. The lowest BCUT2D eigenvalue weighted by Gasteiger charge is -2.40. The van der Waals surface area contributed by atoms with E-state index in [-0.39, 0.29) is 38.6 Å². The Balaban J connectivity index is 1.23. The summed E-state index contributed by atoms with van der Waals surface area (Å²) in [4.78, 5) is 43.4. The number of carbonyl (C=O) groups excluding carboxylic acids is 3. The standard InChI is InChI=1S/C48H70N4O15/c1-66-47(64)37-26-50(22-7-23-51(27-38(55)43(60)45(62)40(57)29-53)28-39(56)44(61)46(63)41(58)30-54)24-25-52(37)42(59)20-15-33-13-18-36(19-14-33)35-16-11-32(12-17-35)8-5-6-21-49-48(65)67-31-34-9-3-2-4-10-34/h2-4,9-14,16-19,37-41,43-46,53-58,60-63H,5-8,15,20-31H2,1H3,(H,49,65)/t37-,38+,39+,40-,41-,43-,44-,45-,46-/m1/s1. The first-order valence-electron chi connectivity index (χ1n) is 22.8. The Hall–Kier alpha value is -4.61. The van der Waals surface area contributed by atoms with Gasteiger partial charge in [0, 0.05) is 45.7 Å². The lowest BCUT2D eigenvalue weighted by Crippen LogP contribution is -2.58. The Bertz CT molecular complexity index is 1870. The van der Waals surface area contributed by atoms with E-state index in [1.165, 1.54) is 22.5 Å². The molecule has 372 valence electrons. The molecular formula is C48H70N4O15.